The summed E-state index contributed by atoms with van der Waals surface area (Å²) in [6.45, 7) is 3.89. The first kappa shape index (κ1) is 12.1. The minimum Gasteiger partial charge on any atom is -0.325 e. The van der Waals surface area contributed by atoms with Gasteiger partial charge in [0, 0.05) is 17.1 Å². The van der Waals surface area contributed by atoms with Gasteiger partial charge in [0.1, 0.15) is 5.82 Å². The van der Waals surface area contributed by atoms with Gasteiger partial charge in [-0.3, -0.25) is 0 Å². The molecule has 3 N–H and O–H groups in total. The summed E-state index contributed by atoms with van der Waals surface area (Å²) < 4.78 is 13.5. The van der Waals surface area contributed by atoms with E-state index in [1.165, 1.54) is 6.07 Å². The molecule has 84 valence electrons. The minimum atomic E-state index is -0.310. The average Bonchev–Trinajstić information content (AvgIpc) is 2.14. The summed E-state index contributed by atoms with van der Waals surface area (Å²) in [5.74, 6) is -0.180. The molecule has 0 bridgehead atoms. The van der Waals surface area contributed by atoms with Crippen LogP contribution in [0.2, 0.25) is 0 Å². The van der Waals surface area contributed by atoms with Gasteiger partial charge in [0.05, 0.1) is 0 Å². The van der Waals surface area contributed by atoms with Gasteiger partial charge >= 0.3 is 0 Å². The number of hydrogen-bond acceptors (Lipinski definition) is 2. The molecule has 2 nitrogen and oxygen atoms in total. The molecule has 0 aromatic heterocycles. The Morgan fingerprint density at radius 1 is 1.40 bits per heavy atom. The third kappa shape index (κ3) is 3.61. The maximum atomic E-state index is 13.5. The number of rotatable bonds is 4. The summed E-state index contributed by atoms with van der Waals surface area (Å²) in [7, 11) is 1.82. The van der Waals surface area contributed by atoms with Crippen molar-refractivity contribution in [2.75, 3.05) is 7.05 Å². The molecule has 1 rings (SSSR count). The van der Waals surface area contributed by atoms with E-state index >= 15 is 0 Å². The summed E-state index contributed by atoms with van der Waals surface area (Å²) in [4.78, 5) is 0. The molecule has 3 heteroatoms. The van der Waals surface area contributed by atoms with E-state index in [2.05, 4.69) is 5.32 Å². The SMILES string of the molecule is CNC(CC(C)(C)N)c1ccccc1F. The number of benzene rings is 1. The van der Waals surface area contributed by atoms with Gasteiger partial charge in [-0.25, -0.2) is 4.39 Å². The molecule has 0 aliphatic heterocycles. The van der Waals surface area contributed by atoms with E-state index in [4.69, 9.17) is 5.73 Å². The van der Waals surface area contributed by atoms with Crippen molar-refractivity contribution in [1.29, 1.82) is 0 Å². The molecular formula is C12H19FN2. The summed E-state index contributed by atoms with van der Waals surface area (Å²) in [6, 6.07) is 6.77. The van der Waals surface area contributed by atoms with Crippen LogP contribution in [0, 0.1) is 5.82 Å². The highest BCUT2D eigenvalue weighted by Gasteiger charge is 2.21. The summed E-state index contributed by atoms with van der Waals surface area (Å²) in [6.07, 6.45) is 0.699. The number of nitrogens with two attached hydrogens (primary N) is 1. The van der Waals surface area contributed by atoms with Crippen LogP contribution in [0.25, 0.3) is 0 Å². The molecule has 0 heterocycles. The Hall–Kier alpha value is -0.930. The predicted molar refractivity (Wildman–Crippen MR) is 61.1 cm³/mol. The second-order valence-corrected chi connectivity index (χ2v) is 4.56. The normalized spacial score (nSPS) is 13.9. The largest absolute Gasteiger partial charge is 0.325 e. The summed E-state index contributed by atoms with van der Waals surface area (Å²) >= 11 is 0. The van der Waals surface area contributed by atoms with Crippen LogP contribution in [0.3, 0.4) is 0 Å². The number of hydrogen-bond donors (Lipinski definition) is 2. The molecule has 0 saturated carbocycles. The standard InChI is InChI=1S/C12H19FN2/c1-12(2,14)8-11(15-3)9-6-4-5-7-10(9)13/h4-7,11,15H,8,14H2,1-3H3. The van der Waals surface area contributed by atoms with Gasteiger partial charge in [-0.05, 0) is 33.4 Å². The first-order valence-corrected chi connectivity index (χ1v) is 5.14. The lowest BCUT2D eigenvalue weighted by Gasteiger charge is -2.26. The molecule has 0 amide bonds. The van der Waals surface area contributed by atoms with Gasteiger partial charge in [-0.1, -0.05) is 18.2 Å². The van der Waals surface area contributed by atoms with Crippen molar-refractivity contribution in [2.24, 2.45) is 5.73 Å². The zero-order valence-electron chi connectivity index (χ0n) is 9.55. The quantitative estimate of drug-likeness (QED) is 0.799. The topological polar surface area (TPSA) is 38.0 Å². The first-order valence-electron chi connectivity index (χ1n) is 5.14. The van der Waals surface area contributed by atoms with Gasteiger partial charge in [-0.15, -0.1) is 0 Å². The monoisotopic (exact) mass is 210 g/mol. The Balaban J connectivity index is 2.88. The molecule has 0 aliphatic rings. The molecule has 0 saturated heterocycles. The Morgan fingerprint density at radius 2 is 2.00 bits per heavy atom. The molecule has 15 heavy (non-hydrogen) atoms. The van der Waals surface area contributed by atoms with Gasteiger partial charge in [0.25, 0.3) is 0 Å². The fraction of sp³-hybridized carbons (Fsp3) is 0.500. The molecule has 1 aromatic carbocycles. The molecule has 1 unspecified atom stereocenters. The Labute approximate surface area is 90.7 Å². The predicted octanol–water partition coefficient (Wildman–Crippen LogP) is 2.21. The fourth-order valence-electron chi connectivity index (χ4n) is 1.65. The zero-order valence-corrected chi connectivity index (χ0v) is 9.55. The van der Waals surface area contributed by atoms with Crippen molar-refractivity contribution in [1.82, 2.24) is 5.32 Å². The molecular weight excluding hydrogens is 191 g/mol. The van der Waals surface area contributed by atoms with Crippen LogP contribution >= 0.6 is 0 Å². The molecule has 1 aromatic rings. The third-order valence-electron chi connectivity index (χ3n) is 2.36. The maximum Gasteiger partial charge on any atom is 0.127 e. The highest BCUT2D eigenvalue weighted by molar-refractivity contribution is 5.21. The first-order chi connectivity index (χ1) is 6.94. The van der Waals surface area contributed by atoms with Crippen molar-refractivity contribution >= 4 is 0 Å². The van der Waals surface area contributed by atoms with Crippen LogP contribution in [0.15, 0.2) is 24.3 Å². The third-order valence-corrected chi connectivity index (χ3v) is 2.36. The lowest BCUT2D eigenvalue weighted by molar-refractivity contribution is 0.387. The van der Waals surface area contributed by atoms with Crippen molar-refractivity contribution < 1.29 is 4.39 Å². The Morgan fingerprint density at radius 3 is 2.47 bits per heavy atom. The van der Waals surface area contributed by atoms with Crippen molar-refractivity contribution in [3.8, 4) is 0 Å². The molecule has 0 aliphatic carbocycles. The molecule has 0 radical (unpaired) electrons. The Bertz CT molecular complexity index is 318. The van der Waals surface area contributed by atoms with Crippen LogP contribution in [0.1, 0.15) is 31.9 Å². The highest BCUT2D eigenvalue weighted by atomic mass is 19.1. The van der Waals surface area contributed by atoms with Crippen molar-refractivity contribution in [2.45, 2.75) is 31.8 Å². The lowest BCUT2D eigenvalue weighted by Crippen LogP contribution is -2.37. The molecule has 0 fully saturated rings. The number of nitrogens with one attached hydrogen (secondary N) is 1. The number of halogens is 1. The van der Waals surface area contributed by atoms with Gasteiger partial charge in [0.15, 0.2) is 0 Å². The molecule has 1 atom stereocenters. The van der Waals surface area contributed by atoms with E-state index in [1.807, 2.05) is 27.0 Å². The van der Waals surface area contributed by atoms with Gasteiger partial charge < -0.3 is 11.1 Å². The fourth-order valence-corrected chi connectivity index (χ4v) is 1.65. The van der Waals surface area contributed by atoms with E-state index in [9.17, 15) is 4.39 Å². The zero-order chi connectivity index (χ0) is 11.5. The lowest BCUT2D eigenvalue weighted by atomic mass is 9.92. The van der Waals surface area contributed by atoms with Crippen LogP contribution < -0.4 is 11.1 Å². The second-order valence-electron chi connectivity index (χ2n) is 4.56. The van der Waals surface area contributed by atoms with Crippen LogP contribution in [-0.2, 0) is 0 Å². The van der Waals surface area contributed by atoms with Crippen LogP contribution in [-0.4, -0.2) is 12.6 Å². The maximum absolute atomic E-state index is 13.5. The second kappa shape index (κ2) is 4.73. The molecule has 0 spiro atoms. The van der Waals surface area contributed by atoms with Crippen LogP contribution in [0.5, 0.6) is 0 Å². The Kier molecular flexibility index (Phi) is 3.83. The van der Waals surface area contributed by atoms with Gasteiger partial charge in [0.2, 0.25) is 0 Å². The van der Waals surface area contributed by atoms with E-state index in [1.54, 1.807) is 12.1 Å². The van der Waals surface area contributed by atoms with E-state index in [0.717, 1.165) is 0 Å². The van der Waals surface area contributed by atoms with E-state index < -0.39 is 0 Å². The van der Waals surface area contributed by atoms with Crippen LogP contribution in [0.4, 0.5) is 4.39 Å². The van der Waals surface area contributed by atoms with E-state index in [-0.39, 0.29) is 17.4 Å². The minimum absolute atomic E-state index is 0.0359. The van der Waals surface area contributed by atoms with Crippen molar-refractivity contribution in [3.63, 3.8) is 0 Å². The summed E-state index contributed by atoms with van der Waals surface area (Å²) in [5, 5.41) is 3.10. The summed E-state index contributed by atoms with van der Waals surface area (Å²) in [5.41, 5.74) is 6.31. The van der Waals surface area contributed by atoms with Gasteiger partial charge in [-0.2, -0.15) is 0 Å². The van der Waals surface area contributed by atoms with Crippen molar-refractivity contribution in [3.05, 3.63) is 35.6 Å². The smallest absolute Gasteiger partial charge is 0.127 e. The average molecular weight is 210 g/mol. The van der Waals surface area contributed by atoms with E-state index in [0.29, 0.717) is 12.0 Å². The highest BCUT2D eigenvalue weighted by Crippen LogP contribution is 2.23.